The summed E-state index contributed by atoms with van der Waals surface area (Å²) >= 11 is 0. The van der Waals surface area contributed by atoms with Crippen LogP contribution in [0.25, 0.3) is 21.5 Å². The van der Waals surface area contributed by atoms with Crippen LogP contribution in [-0.2, 0) is 6.61 Å². The Morgan fingerprint density at radius 3 is 2.42 bits per heavy atom. The van der Waals surface area contributed by atoms with Gasteiger partial charge in [0.05, 0.1) is 6.21 Å². The molecule has 1 amide bonds. The van der Waals surface area contributed by atoms with Crippen molar-refractivity contribution in [3.8, 4) is 5.75 Å². The van der Waals surface area contributed by atoms with Gasteiger partial charge >= 0.3 is 0 Å². The van der Waals surface area contributed by atoms with Crippen molar-refractivity contribution in [3.63, 3.8) is 0 Å². The number of ether oxygens (including phenoxy) is 1. The summed E-state index contributed by atoms with van der Waals surface area (Å²) in [4.78, 5) is 12.5. The molecule has 5 aromatic rings. The summed E-state index contributed by atoms with van der Waals surface area (Å²) in [6, 6.07) is 35.7. The van der Waals surface area contributed by atoms with Crippen molar-refractivity contribution in [2.75, 3.05) is 0 Å². The predicted octanol–water partition coefficient (Wildman–Crippen LogP) is 6.34. The van der Waals surface area contributed by atoms with Gasteiger partial charge in [-0.2, -0.15) is 5.10 Å². The molecule has 0 aliphatic carbocycles. The van der Waals surface area contributed by atoms with Crippen molar-refractivity contribution in [1.29, 1.82) is 0 Å². The van der Waals surface area contributed by atoms with E-state index in [1.54, 1.807) is 12.3 Å². The van der Waals surface area contributed by atoms with Crippen molar-refractivity contribution in [2.24, 2.45) is 5.10 Å². The minimum Gasteiger partial charge on any atom is -0.489 e. The molecule has 4 heteroatoms. The molecule has 0 aromatic heterocycles. The number of hydrogen-bond donors (Lipinski definition) is 1. The maximum atomic E-state index is 12.5. The third-order valence-corrected chi connectivity index (χ3v) is 5.52. The Balaban J connectivity index is 1.23. The van der Waals surface area contributed by atoms with Crippen molar-refractivity contribution in [1.82, 2.24) is 5.43 Å². The van der Waals surface area contributed by atoms with E-state index in [0.29, 0.717) is 12.2 Å². The summed E-state index contributed by atoms with van der Waals surface area (Å²) in [6.07, 6.45) is 1.61. The van der Waals surface area contributed by atoms with Crippen LogP contribution in [0.4, 0.5) is 0 Å². The van der Waals surface area contributed by atoms with Crippen LogP contribution in [0.1, 0.15) is 21.5 Å². The molecule has 33 heavy (non-hydrogen) atoms. The fraction of sp³-hybridized carbons (Fsp3) is 0.0345. The molecule has 1 N–H and O–H groups in total. The molecule has 0 spiro atoms. The van der Waals surface area contributed by atoms with E-state index in [1.165, 1.54) is 10.8 Å². The van der Waals surface area contributed by atoms with E-state index in [9.17, 15) is 4.79 Å². The Labute approximate surface area is 192 Å². The van der Waals surface area contributed by atoms with Crippen LogP contribution in [0.3, 0.4) is 0 Å². The zero-order chi connectivity index (χ0) is 22.5. The molecule has 0 saturated heterocycles. The summed E-state index contributed by atoms with van der Waals surface area (Å²) in [6.45, 7) is 0.473. The standard InChI is InChI=1S/C29H22N2O2/c32-29(25-16-15-22-8-1-2-10-24(22)18-25)31-30-19-21-7-5-13-27(17-21)33-20-26-12-6-11-23-9-3-4-14-28(23)26/h1-19H,20H2,(H,31,32)/b30-19+. The smallest absolute Gasteiger partial charge is 0.271 e. The van der Waals surface area contributed by atoms with E-state index in [0.717, 1.165) is 27.6 Å². The van der Waals surface area contributed by atoms with Gasteiger partial charge in [-0.25, -0.2) is 5.43 Å². The van der Waals surface area contributed by atoms with Crippen LogP contribution in [0.5, 0.6) is 5.75 Å². The van der Waals surface area contributed by atoms with Gasteiger partial charge in [0.25, 0.3) is 5.91 Å². The van der Waals surface area contributed by atoms with Crippen molar-refractivity contribution >= 4 is 33.7 Å². The molecule has 0 atom stereocenters. The van der Waals surface area contributed by atoms with Crippen LogP contribution in [0.2, 0.25) is 0 Å². The molecule has 0 fully saturated rings. The maximum Gasteiger partial charge on any atom is 0.271 e. The lowest BCUT2D eigenvalue weighted by Gasteiger charge is -2.09. The van der Waals surface area contributed by atoms with Gasteiger partial charge in [-0.05, 0) is 56.9 Å². The second kappa shape index (κ2) is 9.37. The molecule has 0 radical (unpaired) electrons. The van der Waals surface area contributed by atoms with E-state index >= 15 is 0 Å². The van der Waals surface area contributed by atoms with Crippen molar-refractivity contribution in [3.05, 3.63) is 126 Å². The molecular formula is C29H22N2O2. The first-order valence-electron chi connectivity index (χ1n) is 10.8. The van der Waals surface area contributed by atoms with E-state index in [4.69, 9.17) is 4.74 Å². The molecule has 4 nitrogen and oxygen atoms in total. The van der Waals surface area contributed by atoms with Gasteiger partial charge in [0.15, 0.2) is 0 Å². The molecule has 0 aliphatic heterocycles. The van der Waals surface area contributed by atoms with Gasteiger partial charge in [-0.15, -0.1) is 0 Å². The Kier molecular flexibility index (Phi) is 5.81. The summed E-state index contributed by atoms with van der Waals surface area (Å²) in [5, 5.41) is 8.62. The molecule has 0 heterocycles. The molecule has 5 rings (SSSR count). The summed E-state index contributed by atoms with van der Waals surface area (Å²) < 4.78 is 6.03. The summed E-state index contributed by atoms with van der Waals surface area (Å²) in [5.74, 6) is 0.494. The number of hydrogen-bond acceptors (Lipinski definition) is 3. The number of benzene rings is 5. The minimum atomic E-state index is -0.250. The normalized spacial score (nSPS) is 11.2. The number of fused-ring (bicyclic) bond motifs is 2. The van der Waals surface area contributed by atoms with Crippen LogP contribution < -0.4 is 10.2 Å². The van der Waals surface area contributed by atoms with E-state index in [2.05, 4.69) is 34.8 Å². The first kappa shape index (κ1) is 20.5. The number of carbonyl (C=O) groups excluding carboxylic acids is 1. The molecule has 0 aliphatic rings. The largest absolute Gasteiger partial charge is 0.489 e. The highest BCUT2D eigenvalue weighted by Crippen LogP contribution is 2.21. The Bertz CT molecular complexity index is 1470. The third kappa shape index (κ3) is 4.75. The number of nitrogens with zero attached hydrogens (tertiary/aromatic N) is 1. The first-order chi connectivity index (χ1) is 16.3. The highest BCUT2D eigenvalue weighted by molar-refractivity contribution is 5.99. The van der Waals surface area contributed by atoms with Gasteiger partial charge in [-0.3, -0.25) is 4.79 Å². The zero-order valence-electron chi connectivity index (χ0n) is 17.9. The van der Waals surface area contributed by atoms with E-state index in [1.807, 2.05) is 78.9 Å². The lowest BCUT2D eigenvalue weighted by molar-refractivity contribution is 0.0955. The molecule has 160 valence electrons. The highest BCUT2D eigenvalue weighted by Gasteiger charge is 2.05. The minimum absolute atomic E-state index is 0.250. The summed E-state index contributed by atoms with van der Waals surface area (Å²) in [5.41, 5.74) is 5.14. The van der Waals surface area contributed by atoms with Crippen LogP contribution in [-0.4, -0.2) is 12.1 Å². The Hall–Kier alpha value is -4.44. The molecule has 0 bridgehead atoms. The lowest BCUT2D eigenvalue weighted by Crippen LogP contribution is -2.17. The van der Waals surface area contributed by atoms with Crippen molar-refractivity contribution < 1.29 is 9.53 Å². The number of hydrazone groups is 1. The quantitative estimate of drug-likeness (QED) is 0.253. The SMILES string of the molecule is O=C(N/N=C/c1cccc(OCc2cccc3ccccc23)c1)c1ccc2ccccc2c1. The molecule has 0 unspecified atom stereocenters. The average Bonchev–Trinajstić information content (AvgIpc) is 2.87. The van der Waals surface area contributed by atoms with E-state index < -0.39 is 0 Å². The molecule has 0 saturated carbocycles. The Morgan fingerprint density at radius 2 is 1.52 bits per heavy atom. The van der Waals surface area contributed by atoms with Crippen LogP contribution in [0, 0.1) is 0 Å². The maximum absolute atomic E-state index is 12.5. The number of carbonyl (C=O) groups is 1. The number of rotatable bonds is 6. The molecular weight excluding hydrogens is 408 g/mol. The zero-order valence-corrected chi connectivity index (χ0v) is 17.9. The number of amides is 1. The van der Waals surface area contributed by atoms with Gasteiger partial charge in [0, 0.05) is 5.56 Å². The topological polar surface area (TPSA) is 50.7 Å². The fourth-order valence-electron chi connectivity index (χ4n) is 3.82. The summed E-state index contributed by atoms with van der Waals surface area (Å²) in [7, 11) is 0. The third-order valence-electron chi connectivity index (χ3n) is 5.52. The van der Waals surface area contributed by atoms with Crippen LogP contribution >= 0.6 is 0 Å². The first-order valence-corrected chi connectivity index (χ1v) is 10.8. The highest BCUT2D eigenvalue weighted by atomic mass is 16.5. The fourth-order valence-corrected chi connectivity index (χ4v) is 3.82. The second-order valence-electron chi connectivity index (χ2n) is 7.76. The molecule has 5 aromatic carbocycles. The average molecular weight is 431 g/mol. The van der Waals surface area contributed by atoms with Crippen molar-refractivity contribution in [2.45, 2.75) is 6.61 Å². The Morgan fingerprint density at radius 1 is 0.758 bits per heavy atom. The number of nitrogens with one attached hydrogen (secondary N) is 1. The second-order valence-corrected chi connectivity index (χ2v) is 7.76. The van der Waals surface area contributed by atoms with E-state index in [-0.39, 0.29) is 5.91 Å². The monoisotopic (exact) mass is 430 g/mol. The van der Waals surface area contributed by atoms with Gasteiger partial charge in [0.2, 0.25) is 0 Å². The van der Waals surface area contributed by atoms with Gasteiger partial charge in [0.1, 0.15) is 12.4 Å². The van der Waals surface area contributed by atoms with Gasteiger partial charge in [-0.1, -0.05) is 84.9 Å². The predicted molar refractivity (Wildman–Crippen MR) is 134 cm³/mol. The van der Waals surface area contributed by atoms with Gasteiger partial charge < -0.3 is 4.74 Å². The lowest BCUT2D eigenvalue weighted by atomic mass is 10.1. The van der Waals surface area contributed by atoms with Crippen LogP contribution in [0.15, 0.2) is 114 Å².